The van der Waals surface area contributed by atoms with Gasteiger partial charge in [-0.15, -0.1) is 22.7 Å². The minimum absolute atomic E-state index is 0.464. The number of nitrogens with zero attached hydrogens (tertiary/aromatic N) is 1. The van der Waals surface area contributed by atoms with Crippen molar-refractivity contribution in [2.75, 3.05) is 6.54 Å². The molecule has 0 spiro atoms. The lowest BCUT2D eigenvalue weighted by molar-refractivity contribution is 0.680. The van der Waals surface area contributed by atoms with Gasteiger partial charge in [0.2, 0.25) is 0 Å². The second kappa shape index (κ2) is 5.08. The van der Waals surface area contributed by atoms with E-state index in [1.54, 1.807) is 22.7 Å². The van der Waals surface area contributed by atoms with Gasteiger partial charge in [0.05, 0.1) is 10.6 Å². The Morgan fingerprint density at radius 3 is 2.88 bits per heavy atom. The van der Waals surface area contributed by atoms with E-state index in [4.69, 9.17) is 5.73 Å². The third-order valence-electron chi connectivity index (χ3n) is 2.71. The monoisotopic (exact) mass is 252 g/mol. The van der Waals surface area contributed by atoms with Crippen LogP contribution in [0.3, 0.4) is 0 Å². The van der Waals surface area contributed by atoms with Gasteiger partial charge in [0.1, 0.15) is 5.01 Å². The number of rotatable bonds is 4. The summed E-state index contributed by atoms with van der Waals surface area (Å²) in [5.41, 5.74) is 6.94. The second-order valence-corrected chi connectivity index (χ2v) is 5.77. The highest BCUT2D eigenvalue weighted by Crippen LogP contribution is 2.35. The summed E-state index contributed by atoms with van der Waals surface area (Å²) in [5.74, 6) is 0.464. The molecule has 1 atom stereocenters. The molecule has 2 aromatic rings. The van der Waals surface area contributed by atoms with E-state index in [9.17, 15) is 0 Å². The third-order valence-corrected chi connectivity index (χ3v) is 5.07. The Labute approximate surface area is 104 Å². The molecule has 0 bridgehead atoms. The Kier molecular flexibility index (Phi) is 3.74. The molecule has 2 rings (SSSR count). The van der Waals surface area contributed by atoms with Crippen LogP contribution in [0.4, 0.5) is 0 Å². The Morgan fingerprint density at radius 1 is 1.50 bits per heavy atom. The van der Waals surface area contributed by atoms with Crippen molar-refractivity contribution in [1.29, 1.82) is 0 Å². The molecule has 0 saturated heterocycles. The molecular formula is C12H16N2S2. The van der Waals surface area contributed by atoms with E-state index in [1.807, 2.05) is 0 Å². The summed E-state index contributed by atoms with van der Waals surface area (Å²) in [6, 6.07) is 4.19. The predicted molar refractivity (Wildman–Crippen MR) is 72.3 cm³/mol. The molecule has 16 heavy (non-hydrogen) atoms. The zero-order valence-electron chi connectivity index (χ0n) is 9.56. The summed E-state index contributed by atoms with van der Waals surface area (Å²) < 4.78 is 0. The Bertz CT molecular complexity index is 442. The molecule has 2 heterocycles. The van der Waals surface area contributed by atoms with Gasteiger partial charge >= 0.3 is 0 Å². The molecule has 0 aliphatic rings. The lowest BCUT2D eigenvalue weighted by atomic mass is 10.0. The van der Waals surface area contributed by atoms with Crippen molar-refractivity contribution in [3.63, 3.8) is 0 Å². The first-order chi connectivity index (χ1) is 7.76. The van der Waals surface area contributed by atoms with Crippen molar-refractivity contribution >= 4 is 22.7 Å². The largest absolute Gasteiger partial charge is 0.330 e. The molecule has 0 radical (unpaired) electrons. The van der Waals surface area contributed by atoms with Gasteiger partial charge in [-0.2, -0.15) is 0 Å². The molecule has 2 nitrogen and oxygen atoms in total. The van der Waals surface area contributed by atoms with Crippen molar-refractivity contribution in [1.82, 2.24) is 4.98 Å². The number of aromatic nitrogens is 1. The molecule has 0 saturated carbocycles. The summed E-state index contributed by atoms with van der Waals surface area (Å²) in [5, 5.41) is 3.22. The fraction of sp³-hybridized carbons (Fsp3) is 0.417. The SMILES string of the molecule is CCC(CN)c1sc(-c2cccs2)nc1C. The zero-order valence-corrected chi connectivity index (χ0v) is 11.2. The standard InChI is InChI=1S/C12H16N2S2/c1-3-9(7-13)11-8(2)14-12(16-11)10-5-4-6-15-10/h4-6,9H,3,7,13H2,1-2H3. The van der Waals surface area contributed by atoms with Crippen LogP contribution >= 0.6 is 22.7 Å². The second-order valence-electron chi connectivity index (χ2n) is 3.79. The van der Waals surface area contributed by atoms with Crippen LogP contribution in [-0.2, 0) is 0 Å². The van der Waals surface area contributed by atoms with Crippen LogP contribution in [-0.4, -0.2) is 11.5 Å². The molecule has 2 aromatic heterocycles. The van der Waals surface area contributed by atoms with E-state index in [1.165, 1.54) is 9.75 Å². The van der Waals surface area contributed by atoms with Crippen LogP contribution in [0.5, 0.6) is 0 Å². The highest BCUT2D eigenvalue weighted by atomic mass is 32.1. The maximum Gasteiger partial charge on any atom is 0.133 e. The molecule has 4 heteroatoms. The van der Waals surface area contributed by atoms with E-state index in [0.717, 1.165) is 17.1 Å². The Hall–Kier alpha value is -0.710. The number of thiazole rings is 1. The fourth-order valence-electron chi connectivity index (χ4n) is 1.75. The van der Waals surface area contributed by atoms with Gasteiger partial charge in [-0.05, 0) is 24.8 Å². The van der Waals surface area contributed by atoms with Crippen LogP contribution < -0.4 is 5.73 Å². The van der Waals surface area contributed by atoms with Crippen molar-refractivity contribution in [3.8, 4) is 9.88 Å². The van der Waals surface area contributed by atoms with Crippen molar-refractivity contribution in [3.05, 3.63) is 28.1 Å². The van der Waals surface area contributed by atoms with Gasteiger partial charge < -0.3 is 5.73 Å². The van der Waals surface area contributed by atoms with E-state index in [0.29, 0.717) is 12.5 Å². The van der Waals surface area contributed by atoms with Gasteiger partial charge in [-0.25, -0.2) is 4.98 Å². The third kappa shape index (κ3) is 2.19. The minimum atomic E-state index is 0.464. The summed E-state index contributed by atoms with van der Waals surface area (Å²) in [7, 11) is 0. The molecule has 86 valence electrons. The van der Waals surface area contributed by atoms with E-state index in [2.05, 4.69) is 36.3 Å². The van der Waals surface area contributed by atoms with Crippen molar-refractivity contribution < 1.29 is 0 Å². The van der Waals surface area contributed by atoms with Crippen LogP contribution in [0.25, 0.3) is 9.88 Å². The van der Waals surface area contributed by atoms with Crippen molar-refractivity contribution in [2.24, 2.45) is 5.73 Å². The van der Waals surface area contributed by atoms with Gasteiger partial charge in [-0.3, -0.25) is 0 Å². The highest BCUT2D eigenvalue weighted by Gasteiger charge is 2.16. The van der Waals surface area contributed by atoms with Gasteiger partial charge in [0.25, 0.3) is 0 Å². The molecule has 0 aliphatic heterocycles. The lowest BCUT2D eigenvalue weighted by Crippen LogP contribution is -2.11. The molecule has 1 unspecified atom stereocenters. The summed E-state index contributed by atoms with van der Waals surface area (Å²) in [6.45, 7) is 4.98. The van der Waals surface area contributed by atoms with Crippen LogP contribution in [0.15, 0.2) is 17.5 Å². The molecule has 0 aromatic carbocycles. The highest BCUT2D eigenvalue weighted by molar-refractivity contribution is 7.21. The van der Waals surface area contributed by atoms with Gasteiger partial charge in [0.15, 0.2) is 0 Å². The van der Waals surface area contributed by atoms with Gasteiger partial charge in [0, 0.05) is 17.3 Å². The van der Waals surface area contributed by atoms with Crippen LogP contribution in [0.1, 0.15) is 29.8 Å². The number of nitrogens with two attached hydrogens (primary N) is 1. The fourth-order valence-corrected chi connectivity index (χ4v) is 3.81. The summed E-state index contributed by atoms with van der Waals surface area (Å²) >= 11 is 3.54. The van der Waals surface area contributed by atoms with Gasteiger partial charge in [-0.1, -0.05) is 13.0 Å². The molecule has 0 amide bonds. The van der Waals surface area contributed by atoms with E-state index >= 15 is 0 Å². The summed E-state index contributed by atoms with van der Waals surface area (Å²) in [6.07, 6.45) is 1.09. The molecule has 0 fully saturated rings. The van der Waals surface area contributed by atoms with E-state index in [-0.39, 0.29) is 0 Å². The quantitative estimate of drug-likeness (QED) is 0.902. The minimum Gasteiger partial charge on any atom is -0.330 e. The summed E-state index contributed by atoms with van der Waals surface area (Å²) in [4.78, 5) is 7.25. The lowest BCUT2D eigenvalue weighted by Gasteiger charge is -2.09. The topological polar surface area (TPSA) is 38.9 Å². The molecule has 2 N–H and O–H groups in total. The first-order valence-corrected chi connectivity index (χ1v) is 7.17. The Balaban J connectivity index is 2.35. The Morgan fingerprint density at radius 2 is 2.31 bits per heavy atom. The number of hydrogen-bond donors (Lipinski definition) is 1. The predicted octanol–water partition coefficient (Wildman–Crippen LogP) is 3.63. The van der Waals surface area contributed by atoms with E-state index < -0.39 is 0 Å². The maximum absolute atomic E-state index is 5.79. The van der Waals surface area contributed by atoms with Crippen LogP contribution in [0.2, 0.25) is 0 Å². The van der Waals surface area contributed by atoms with Crippen LogP contribution in [0, 0.1) is 6.92 Å². The first kappa shape index (κ1) is 11.8. The number of thiophene rings is 1. The first-order valence-electron chi connectivity index (χ1n) is 5.47. The number of aryl methyl sites for hydroxylation is 1. The molecular weight excluding hydrogens is 236 g/mol. The average molecular weight is 252 g/mol. The number of hydrogen-bond acceptors (Lipinski definition) is 4. The smallest absolute Gasteiger partial charge is 0.133 e. The van der Waals surface area contributed by atoms with Crippen molar-refractivity contribution in [2.45, 2.75) is 26.2 Å². The average Bonchev–Trinajstić information content (AvgIpc) is 2.90. The normalized spacial score (nSPS) is 12.9. The maximum atomic E-state index is 5.79. The zero-order chi connectivity index (χ0) is 11.5. The molecule has 0 aliphatic carbocycles.